The van der Waals surface area contributed by atoms with Crippen molar-refractivity contribution in [2.75, 3.05) is 50.8 Å². The molecule has 3 fully saturated rings. The summed E-state index contributed by atoms with van der Waals surface area (Å²) in [7, 11) is 0. The maximum atomic E-state index is 13.6. The van der Waals surface area contributed by atoms with Gasteiger partial charge in [0.2, 0.25) is 5.91 Å². The van der Waals surface area contributed by atoms with Gasteiger partial charge >= 0.3 is 0 Å². The average molecular weight is 537 g/mol. The fourth-order valence-electron chi connectivity index (χ4n) is 6.49. The van der Waals surface area contributed by atoms with Gasteiger partial charge in [0.05, 0.1) is 5.92 Å². The molecule has 39 heavy (non-hydrogen) atoms. The van der Waals surface area contributed by atoms with Crippen LogP contribution in [0.2, 0.25) is 0 Å². The molecule has 0 radical (unpaired) electrons. The second kappa shape index (κ2) is 13.7. The molecule has 0 saturated carbocycles. The van der Waals surface area contributed by atoms with Crippen LogP contribution in [0, 0.1) is 36.5 Å². The Morgan fingerprint density at radius 2 is 1.87 bits per heavy atom. The zero-order valence-corrected chi connectivity index (χ0v) is 24.6. The van der Waals surface area contributed by atoms with E-state index in [1.54, 1.807) is 0 Å². The van der Waals surface area contributed by atoms with Gasteiger partial charge in [-0.05, 0) is 96.1 Å². The Kier molecular flexibility index (Phi) is 10.3. The third kappa shape index (κ3) is 7.35. The fraction of sp³-hybridized carbons (Fsp3) is 0.688. The van der Waals surface area contributed by atoms with Gasteiger partial charge in [-0.25, -0.2) is 0 Å². The number of carbonyl (C=O) groups excluding carboxylic acids is 2. The SMILES string of the molecule is CCN1CCC(C#Cc2cc(C(=O)NCC3C(=O)NC(C)CC3C)c(C)c(N(CC)C3CCOCC3)c2)CC1. The topological polar surface area (TPSA) is 73.9 Å². The molecule has 3 heterocycles. The molecule has 3 saturated heterocycles. The van der Waals surface area contributed by atoms with E-state index in [4.69, 9.17) is 4.74 Å². The van der Waals surface area contributed by atoms with Gasteiger partial charge in [-0.1, -0.05) is 25.7 Å². The van der Waals surface area contributed by atoms with Crippen molar-refractivity contribution in [3.63, 3.8) is 0 Å². The maximum absolute atomic E-state index is 13.6. The highest BCUT2D eigenvalue weighted by Gasteiger charge is 2.32. The van der Waals surface area contributed by atoms with Crippen molar-refractivity contribution in [1.82, 2.24) is 15.5 Å². The summed E-state index contributed by atoms with van der Waals surface area (Å²) in [5.74, 6) is 7.29. The Balaban J connectivity index is 1.59. The largest absolute Gasteiger partial charge is 0.381 e. The number of piperidine rings is 2. The lowest BCUT2D eigenvalue weighted by atomic mass is 9.84. The summed E-state index contributed by atoms with van der Waals surface area (Å²) >= 11 is 0. The van der Waals surface area contributed by atoms with Crippen molar-refractivity contribution in [3.05, 3.63) is 28.8 Å². The Morgan fingerprint density at radius 3 is 2.51 bits per heavy atom. The molecule has 2 N–H and O–H groups in total. The van der Waals surface area contributed by atoms with Crippen molar-refractivity contribution in [1.29, 1.82) is 0 Å². The van der Waals surface area contributed by atoms with Gasteiger partial charge in [-0.3, -0.25) is 9.59 Å². The Bertz CT molecular complexity index is 1060. The summed E-state index contributed by atoms with van der Waals surface area (Å²) in [5.41, 5.74) is 3.60. The van der Waals surface area contributed by atoms with Crippen LogP contribution in [-0.2, 0) is 9.53 Å². The highest BCUT2D eigenvalue weighted by Crippen LogP contribution is 2.30. The lowest BCUT2D eigenvalue weighted by Crippen LogP contribution is -2.50. The molecule has 3 aliphatic heterocycles. The Labute approximate surface area is 235 Å². The molecule has 3 unspecified atom stereocenters. The highest BCUT2D eigenvalue weighted by molar-refractivity contribution is 5.98. The predicted octanol–water partition coefficient (Wildman–Crippen LogP) is 3.97. The number of ether oxygens (including phenoxy) is 1. The van der Waals surface area contributed by atoms with Gasteiger partial charge in [0, 0.05) is 61.1 Å². The first kappa shape index (κ1) is 29.4. The molecule has 214 valence electrons. The van der Waals surface area contributed by atoms with E-state index in [0.717, 1.165) is 88.3 Å². The predicted molar refractivity (Wildman–Crippen MR) is 157 cm³/mol. The van der Waals surface area contributed by atoms with Crippen molar-refractivity contribution in [2.45, 2.75) is 78.8 Å². The molecule has 0 spiro atoms. The van der Waals surface area contributed by atoms with Crippen LogP contribution in [0.15, 0.2) is 12.1 Å². The first-order chi connectivity index (χ1) is 18.8. The van der Waals surface area contributed by atoms with Crippen LogP contribution in [0.3, 0.4) is 0 Å². The van der Waals surface area contributed by atoms with E-state index < -0.39 is 0 Å². The van der Waals surface area contributed by atoms with E-state index in [0.29, 0.717) is 24.1 Å². The van der Waals surface area contributed by atoms with E-state index in [2.05, 4.69) is 59.1 Å². The Hall–Kier alpha value is -2.56. The molecule has 3 atom stereocenters. The van der Waals surface area contributed by atoms with Crippen molar-refractivity contribution in [3.8, 4) is 11.8 Å². The average Bonchev–Trinajstić information content (AvgIpc) is 2.93. The zero-order chi connectivity index (χ0) is 27.9. The molecule has 1 aromatic carbocycles. The van der Waals surface area contributed by atoms with Gasteiger partial charge in [-0.2, -0.15) is 0 Å². The monoisotopic (exact) mass is 536 g/mol. The molecular formula is C32H48N4O3. The van der Waals surface area contributed by atoms with Gasteiger partial charge in [0.1, 0.15) is 0 Å². The van der Waals surface area contributed by atoms with Crippen LogP contribution in [0.4, 0.5) is 5.69 Å². The third-order valence-corrected chi connectivity index (χ3v) is 8.98. The third-order valence-electron chi connectivity index (χ3n) is 8.98. The van der Waals surface area contributed by atoms with Crippen LogP contribution in [0.1, 0.15) is 81.3 Å². The number of rotatable bonds is 7. The van der Waals surface area contributed by atoms with E-state index in [1.165, 1.54) is 0 Å². The van der Waals surface area contributed by atoms with Crippen LogP contribution < -0.4 is 15.5 Å². The molecule has 7 heteroatoms. The molecular weight excluding hydrogens is 488 g/mol. The second-order valence-electron chi connectivity index (χ2n) is 11.7. The molecule has 7 nitrogen and oxygen atoms in total. The summed E-state index contributed by atoms with van der Waals surface area (Å²) < 4.78 is 5.63. The van der Waals surface area contributed by atoms with E-state index in [1.807, 2.05) is 19.9 Å². The summed E-state index contributed by atoms with van der Waals surface area (Å²) in [4.78, 5) is 31.1. The van der Waals surface area contributed by atoms with E-state index in [-0.39, 0.29) is 29.7 Å². The minimum atomic E-state index is -0.212. The van der Waals surface area contributed by atoms with E-state index >= 15 is 0 Å². The molecule has 0 bridgehead atoms. The first-order valence-electron chi connectivity index (χ1n) is 15.1. The van der Waals surface area contributed by atoms with Crippen molar-refractivity contribution < 1.29 is 14.3 Å². The van der Waals surface area contributed by atoms with Gasteiger partial charge in [0.25, 0.3) is 5.91 Å². The van der Waals surface area contributed by atoms with Gasteiger partial charge in [-0.15, -0.1) is 0 Å². The van der Waals surface area contributed by atoms with Crippen LogP contribution in [0.25, 0.3) is 0 Å². The Morgan fingerprint density at radius 1 is 1.15 bits per heavy atom. The number of amides is 2. The number of likely N-dealkylation sites (tertiary alicyclic amines) is 1. The summed E-state index contributed by atoms with van der Waals surface area (Å²) in [6.07, 6.45) is 5.07. The maximum Gasteiger partial charge on any atom is 0.251 e. The molecule has 1 aromatic rings. The van der Waals surface area contributed by atoms with Crippen LogP contribution in [-0.4, -0.2) is 74.7 Å². The molecule has 2 amide bonds. The van der Waals surface area contributed by atoms with Crippen LogP contribution in [0.5, 0.6) is 0 Å². The smallest absolute Gasteiger partial charge is 0.251 e. The molecule has 3 aliphatic rings. The summed E-state index contributed by atoms with van der Waals surface area (Å²) in [6, 6.07) is 4.69. The lowest BCUT2D eigenvalue weighted by Gasteiger charge is -2.37. The minimum Gasteiger partial charge on any atom is -0.381 e. The quantitative estimate of drug-likeness (QED) is 0.516. The first-order valence-corrected chi connectivity index (χ1v) is 15.1. The fourth-order valence-corrected chi connectivity index (χ4v) is 6.49. The molecule has 4 rings (SSSR count). The number of hydrogen-bond donors (Lipinski definition) is 2. The second-order valence-corrected chi connectivity index (χ2v) is 11.7. The number of nitrogens with one attached hydrogen (secondary N) is 2. The summed E-state index contributed by atoms with van der Waals surface area (Å²) in [6.45, 7) is 16.6. The van der Waals surface area contributed by atoms with Crippen LogP contribution >= 0.6 is 0 Å². The lowest BCUT2D eigenvalue weighted by molar-refractivity contribution is -0.129. The van der Waals surface area contributed by atoms with E-state index in [9.17, 15) is 9.59 Å². The van der Waals surface area contributed by atoms with Gasteiger partial charge in [0.15, 0.2) is 0 Å². The number of hydrogen-bond acceptors (Lipinski definition) is 5. The minimum absolute atomic E-state index is 0.0318. The van der Waals surface area contributed by atoms with Gasteiger partial charge < -0.3 is 25.2 Å². The number of carbonyl (C=O) groups is 2. The number of benzene rings is 1. The molecule has 0 aromatic heterocycles. The normalized spacial score (nSPS) is 24.9. The van der Waals surface area contributed by atoms with Crippen molar-refractivity contribution >= 4 is 17.5 Å². The van der Waals surface area contributed by atoms with Crippen molar-refractivity contribution in [2.24, 2.45) is 17.8 Å². The molecule has 0 aliphatic carbocycles. The zero-order valence-electron chi connectivity index (χ0n) is 24.6. The number of anilines is 1. The standard InChI is InChI=1S/C32H48N4O3/c1-6-35-14-10-25(11-15-35)8-9-26-19-28(31(37)33-21-29-22(3)18-23(4)34-32(29)38)24(5)30(20-26)36(7-2)27-12-16-39-17-13-27/h19-20,22-23,25,27,29H,6-7,10-18,21H2,1-5H3,(H,33,37)(H,34,38). The summed E-state index contributed by atoms with van der Waals surface area (Å²) in [5, 5.41) is 6.14. The highest BCUT2D eigenvalue weighted by atomic mass is 16.5. The number of nitrogens with zero attached hydrogens (tertiary/aromatic N) is 2.